The molecule has 0 aliphatic carbocycles. The summed E-state index contributed by atoms with van der Waals surface area (Å²) in [7, 11) is 0. The van der Waals surface area contributed by atoms with Crippen molar-refractivity contribution in [2.45, 2.75) is 19.8 Å². The molecular weight excluding hydrogens is 342 g/mol. The Morgan fingerprint density at radius 2 is 1.69 bits per heavy atom. The molecule has 0 unspecified atom stereocenters. The van der Waals surface area contributed by atoms with Crippen LogP contribution < -0.4 is 10.1 Å². The third-order valence-corrected chi connectivity index (χ3v) is 3.48. The summed E-state index contributed by atoms with van der Waals surface area (Å²) in [5, 5.41) is 24.5. The van der Waals surface area contributed by atoms with E-state index < -0.39 is 27.1 Å². The third-order valence-electron chi connectivity index (χ3n) is 3.48. The molecule has 0 atom stereocenters. The van der Waals surface area contributed by atoms with Crippen molar-refractivity contribution in [2.75, 3.05) is 11.9 Å². The number of anilines is 1. The van der Waals surface area contributed by atoms with Crippen molar-refractivity contribution in [2.24, 2.45) is 0 Å². The second-order valence-electron chi connectivity index (χ2n) is 5.40. The van der Waals surface area contributed by atoms with Gasteiger partial charge in [-0.3, -0.25) is 25.0 Å². The van der Waals surface area contributed by atoms with Gasteiger partial charge in [0.05, 0.1) is 33.8 Å². The number of ether oxygens (including phenoxy) is 1. The van der Waals surface area contributed by atoms with Crippen molar-refractivity contribution in [3.63, 3.8) is 0 Å². The molecule has 9 heteroatoms. The highest BCUT2D eigenvalue weighted by Gasteiger charge is 2.20. The maximum Gasteiger partial charge on any atom is 0.277 e. The number of amides is 1. The van der Waals surface area contributed by atoms with E-state index in [1.165, 1.54) is 0 Å². The SMILES string of the molecule is CCCCOc1ccccc1NC(=O)c1cc([N+](=O)[O-])cc([N+](=O)[O-])c1. The molecule has 0 bridgehead atoms. The zero-order valence-electron chi connectivity index (χ0n) is 14.0. The van der Waals surface area contributed by atoms with Crippen molar-refractivity contribution in [3.8, 4) is 5.75 Å². The van der Waals surface area contributed by atoms with Crippen LogP contribution in [0, 0.1) is 20.2 Å². The number of nitrogens with zero attached hydrogens (tertiary/aromatic N) is 2. The molecule has 0 aliphatic rings. The molecule has 9 nitrogen and oxygen atoms in total. The third kappa shape index (κ3) is 4.76. The van der Waals surface area contributed by atoms with Gasteiger partial charge >= 0.3 is 0 Å². The van der Waals surface area contributed by atoms with E-state index in [2.05, 4.69) is 5.32 Å². The van der Waals surface area contributed by atoms with Crippen LogP contribution in [0.4, 0.5) is 17.1 Å². The van der Waals surface area contributed by atoms with Crippen molar-refractivity contribution in [3.05, 3.63) is 68.3 Å². The summed E-state index contributed by atoms with van der Waals surface area (Å²) in [6.07, 6.45) is 1.80. The van der Waals surface area contributed by atoms with Gasteiger partial charge in [0.2, 0.25) is 0 Å². The van der Waals surface area contributed by atoms with Crippen LogP contribution >= 0.6 is 0 Å². The monoisotopic (exact) mass is 359 g/mol. The van der Waals surface area contributed by atoms with Gasteiger partial charge in [-0.15, -0.1) is 0 Å². The number of non-ortho nitro benzene ring substituents is 2. The van der Waals surface area contributed by atoms with Gasteiger partial charge in [-0.1, -0.05) is 25.5 Å². The Morgan fingerprint density at radius 1 is 1.08 bits per heavy atom. The summed E-state index contributed by atoms with van der Waals surface area (Å²) < 4.78 is 5.61. The lowest BCUT2D eigenvalue weighted by molar-refractivity contribution is -0.394. The molecule has 0 fully saturated rings. The zero-order valence-corrected chi connectivity index (χ0v) is 14.0. The van der Waals surface area contributed by atoms with Crippen LogP contribution in [0.3, 0.4) is 0 Å². The highest BCUT2D eigenvalue weighted by atomic mass is 16.6. The van der Waals surface area contributed by atoms with Gasteiger partial charge in [-0.2, -0.15) is 0 Å². The van der Waals surface area contributed by atoms with Crippen molar-refractivity contribution in [1.82, 2.24) is 0 Å². The van der Waals surface area contributed by atoms with Gasteiger partial charge in [0.25, 0.3) is 17.3 Å². The first kappa shape index (κ1) is 18.8. The van der Waals surface area contributed by atoms with Gasteiger partial charge in [0.15, 0.2) is 0 Å². The van der Waals surface area contributed by atoms with Crippen LogP contribution in [0.5, 0.6) is 5.75 Å². The van der Waals surface area contributed by atoms with E-state index >= 15 is 0 Å². The topological polar surface area (TPSA) is 125 Å². The Kier molecular flexibility index (Phi) is 6.20. The van der Waals surface area contributed by atoms with Gasteiger partial charge in [0.1, 0.15) is 5.75 Å². The van der Waals surface area contributed by atoms with E-state index in [1.807, 2.05) is 6.92 Å². The zero-order chi connectivity index (χ0) is 19.1. The smallest absolute Gasteiger partial charge is 0.277 e. The Balaban J connectivity index is 2.28. The maximum atomic E-state index is 12.4. The van der Waals surface area contributed by atoms with Crippen LogP contribution in [0.25, 0.3) is 0 Å². The highest BCUT2D eigenvalue weighted by molar-refractivity contribution is 6.05. The lowest BCUT2D eigenvalue weighted by Crippen LogP contribution is -2.14. The molecule has 0 spiro atoms. The number of nitro benzene ring substituents is 2. The van der Waals surface area contributed by atoms with Crippen LogP contribution in [0.15, 0.2) is 42.5 Å². The first-order valence-corrected chi connectivity index (χ1v) is 7.89. The molecule has 0 radical (unpaired) electrons. The van der Waals surface area contributed by atoms with E-state index in [0.717, 1.165) is 31.0 Å². The molecule has 0 aromatic heterocycles. The van der Waals surface area contributed by atoms with E-state index in [1.54, 1.807) is 24.3 Å². The van der Waals surface area contributed by atoms with Crippen molar-refractivity contribution >= 4 is 23.0 Å². The summed E-state index contributed by atoms with van der Waals surface area (Å²) in [6.45, 7) is 2.50. The predicted octanol–water partition coefficient (Wildman–Crippen LogP) is 3.93. The molecule has 2 rings (SSSR count). The van der Waals surface area contributed by atoms with Gasteiger partial charge in [-0.05, 0) is 18.6 Å². The average molecular weight is 359 g/mol. The van der Waals surface area contributed by atoms with Crippen LogP contribution in [0.2, 0.25) is 0 Å². The Morgan fingerprint density at radius 3 is 2.27 bits per heavy atom. The Bertz CT molecular complexity index is 805. The lowest BCUT2D eigenvalue weighted by Gasteiger charge is -2.12. The summed E-state index contributed by atoms with van der Waals surface area (Å²) in [4.78, 5) is 32.7. The van der Waals surface area contributed by atoms with E-state index in [0.29, 0.717) is 18.0 Å². The van der Waals surface area contributed by atoms with Crippen LogP contribution in [0.1, 0.15) is 30.1 Å². The number of hydrogen-bond acceptors (Lipinski definition) is 6. The predicted molar refractivity (Wildman–Crippen MR) is 94.5 cm³/mol. The minimum atomic E-state index is -0.786. The standard InChI is InChI=1S/C17H17N3O6/c1-2-3-8-26-16-7-5-4-6-15(16)18-17(21)12-9-13(19(22)23)11-14(10-12)20(24)25/h4-7,9-11H,2-3,8H2,1H3,(H,18,21). The Labute approximate surface area is 148 Å². The Hall–Kier alpha value is -3.49. The number of nitrogens with one attached hydrogen (secondary N) is 1. The second kappa shape index (κ2) is 8.56. The van der Waals surface area contributed by atoms with E-state index in [9.17, 15) is 25.0 Å². The van der Waals surface area contributed by atoms with E-state index in [4.69, 9.17) is 4.74 Å². The lowest BCUT2D eigenvalue weighted by atomic mass is 10.1. The summed E-state index contributed by atoms with van der Waals surface area (Å²) in [6, 6.07) is 9.52. The van der Waals surface area contributed by atoms with Gasteiger partial charge in [0, 0.05) is 12.1 Å². The molecule has 2 aromatic carbocycles. The number of carbonyl (C=O) groups excluding carboxylic acids is 1. The molecular formula is C17H17N3O6. The molecule has 0 heterocycles. The second-order valence-corrected chi connectivity index (χ2v) is 5.40. The molecule has 0 saturated heterocycles. The number of hydrogen-bond donors (Lipinski definition) is 1. The van der Waals surface area contributed by atoms with Crippen LogP contribution in [-0.2, 0) is 0 Å². The summed E-state index contributed by atoms with van der Waals surface area (Å²) in [5.74, 6) is -0.252. The molecule has 1 amide bonds. The largest absolute Gasteiger partial charge is 0.491 e. The average Bonchev–Trinajstić information content (AvgIpc) is 2.62. The highest BCUT2D eigenvalue weighted by Crippen LogP contribution is 2.27. The first-order valence-electron chi connectivity index (χ1n) is 7.89. The molecule has 1 N–H and O–H groups in total. The summed E-state index contributed by atoms with van der Waals surface area (Å²) in [5.41, 5.74) is -0.870. The fourth-order valence-corrected chi connectivity index (χ4v) is 2.15. The fraction of sp³-hybridized carbons (Fsp3) is 0.235. The number of para-hydroxylation sites is 2. The molecule has 26 heavy (non-hydrogen) atoms. The van der Waals surface area contributed by atoms with Crippen molar-refractivity contribution in [1.29, 1.82) is 0 Å². The fourth-order valence-electron chi connectivity index (χ4n) is 2.15. The van der Waals surface area contributed by atoms with E-state index in [-0.39, 0.29) is 5.56 Å². The molecule has 2 aromatic rings. The number of nitro groups is 2. The number of rotatable bonds is 8. The quantitative estimate of drug-likeness (QED) is 0.432. The van der Waals surface area contributed by atoms with Crippen molar-refractivity contribution < 1.29 is 19.4 Å². The maximum absolute atomic E-state index is 12.4. The minimum Gasteiger partial charge on any atom is -0.491 e. The first-order chi connectivity index (χ1) is 12.4. The summed E-state index contributed by atoms with van der Waals surface area (Å²) >= 11 is 0. The molecule has 136 valence electrons. The molecule has 0 saturated carbocycles. The number of benzene rings is 2. The normalized spacial score (nSPS) is 10.2. The minimum absolute atomic E-state index is 0.186. The number of carbonyl (C=O) groups is 1. The number of unbranched alkanes of at least 4 members (excludes halogenated alkanes) is 1. The van der Waals surface area contributed by atoms with Gasteiger partial charge in [-0.25, -0.2) is 0 Å². The van der Waals surface area contributed by atoms with Gasteiger partial charge < -0.3 is 10.1 Å². The van der Waals surface area contributed by atoms with Crippen LogP contribution in [-0.4, -0.2) is 22.4 Å². The molecule has 0 aliphatic heterocycles.